The Morgan fingerprint density at radius 2 is 1.65 bits per heavy atom. The minimum Gasteiger partial charge on any atom is -0.469 e. The van der Waals surface area contributed by atoms with Crippen molar-refractivity contribution in [1.29, 1.82) is 0 Å². The van der Waals surface area contributed by atoms with Crippen LogP contribution in [0.5, 0.6) is 0 Å². The molecule has 0 aromatic heterocycles. The number of unbranched alkanes of at least 4 members (excludes halogenated alkanes) is 5. The van der Waals surface area contributed by atoms with E-state index in [0.29, 0.717) is 12.8 Å². The SMILES string of the molecule is CC[C@@H](O)[C@@H](O)/C=C/C=C/C=C/CCCCCCCC(=O)OC. The summed E-state index contributed by atoms with van der Waals surface area (Å²) in [6.07, 6.45) is 17.3. The van der Waals surface area contributed by atoms with Crippen molar-refractivity contribution in [2.24, 2.45) is 0 Å². The predicted octanol–water partition coefficient (Wildman–Crippen LogP) is 3.69. The Morgan fingerprint density at radius 3 is 2.35 bits per heavy atom. The van der Waals surface area contributed by atoms with Crippen LogP contribution in [-0.2, 0) is 9.53 Å². The van der Waals surface area contributed by atoms with Gasteiger partial charge >= 0.3 is 5.97 Å². The Balaban J connectivity index is 3.52. The molecule has 132 valence electrons. The van der Waals surface area contributed by atoms with E-state index in [1.807, 2.05) is 25.2 Å². The van der Waals surface area contributed by atoms with Gasteiger partial charge in [0.15, 0.2) is 0 Å². The van der Waals surface area contributed by atoms with Crippen molar-refractivity contribution in [3.8, 4) is 0 Å². The van der Waals surface area contributed by atoms with E-state index in [4.69, 9.17) is 0 Å². The molecule has 23 heavy (non-hydrogen) atoms. The molecule has 0 spiro atoms. The molecule has 0 aromatic rings. The van der Waals surface area contributed by atoms with Crippen molar-refractivity contribution in [2.75, 3.05) is 7.11 Å². The second-order valence-electron chi connectivity index (χ2n) is 5.55. The standard InChI is InChI=1S/C19H32O4/c1-3-17(20)18(21)15-13-11-9-7-5-4-6-8-10-12-14-16-19(22)23-2/h5,7,9,11,13,15,17-18,20-21H,3-4,6,8,10,12,14,16H2,1-2H3/b7-5+,11-9+,15-13+/t17-,18+/m1/s1. The average molecular weight is 324 g/mol. The summed E-state index contributed by atoms with van der Waals surface area (Å²) in [6, 6.07) is 0. The van der Waals surface area contributed by atoms with Crippen LogP contribution in [0, 0.1) is 0 Å². The first kappa shape index (κ1) is 21.6. The van der Waals surface area contributed by atoms with Crippen LogP contribution >= 0.6 is 0 Å². The van der Waals surface area contributed by atoms with Gasteiger partial charge in [0.1, 0.15) is 0 Å². The molecule has 0 bridgehead atoms. The van der Waals surface area contributed by atoms with Crippen LogP contribution in [0.3, 0.4) is 0 Å². The number of aliphatic hydroxyl groups is 2. The Kier molecular flexibility index (Phi) is 14.6. The predicted molar refractivity (Wildman–Crippen MR) is 94.1 cm³/mol. The van der Waals surface area contributed by atoms with Gasteiger partial charge in [0, 0.05) is 6.42 Å². The second kappa shape index (κ2) is 15.5. The maximum Gasteiger partial charge on any atom is 0.305 e. The number of hydrogen-bond acceptors (Lipinski definition) is 4. The summed E-state index contributed by atoms with van der Waals surface area (Å²) >= 11 is 0. The lowest BCUT2D eigenvalue weighted by atomic mass is 10.1. The van der Waals surface area contributed by atoms with E-state index in [0.717, 1.165) is 32.1 Å². The number of aliphatic hydroxyl groups excluding tert-OH is 2. The van der Waals surface area contributed by atoms with Gasteiger partial charge in [-0.05, 0) is 25.7 Å². The van der Waals surface area contributed by atoms with E-state index in [1.165, 1.54) is 13.5 Å². The van der Waals surface area contributed by atoms with E-state index in [2.05, 4.69) is 10.8 Å². The van der Waals surface area contributed by atoms with Crippen molar-refractivity contribution in [1.82, 2.24) is 0 Å². The molecule has 2 N–H and O–H groups in total. The molecular formula is C19H32O4. The van der Waals surface area contributed by atoms with Crippen molar-refractivity contribution < 1.29 is 19.7 Å². The molecule has 0 unspecified atom stereocenters. The number of rotatable bonds is 13. The highest BCUT2D eigenvalue weighted by molar-refractivity contribution is 5.68. The minimum atomic E-state index is -0.798. The molecule has 0 aliphatic heterocycles. The molecule has 0 saturated heterocycles. The van der Waals surface area contributed by atoms with E-state index >= 15 is 0 Å². The third kappa shape index (κ3) is 14.0. The lowest BCUT2D eigenvalue weighted by Crippen LogP contribution is -2.22. The molecule has 0 radical (unpaired) electrons. The van der Waals surface area contributed by atoms with Gasteiger partial charge in [-0.3, -0.25) is 4.79 Å². The molecular weight excluding hydrogens is 292 g/mol. The molecule has 0 saturated carbocycles. The van der Waals surface area contributed by atoms with E-state index < -0.39 is 12.2 Å². The topological polar surface area (TPSA) is 66.8 Å². The summed E-state index contributed by atoms with van der Waals surface area (Å²) in [5.41, 5.74) is 0. The summed E-state index contributed by atoms with van der Waals surface area (Å²) in [5.74, 6) is -0.120. The van der Waals surface area contributed by atoms with Crippen LogP contribution in [0.4, 0.5) is 0 Å². The minimum absolute atomic E-state index is 0.120. The first-order valence-electron chi connectivity index (χ1n) is 8.54. The lowest BCUT2D eigenvalue weighted by molar-refractivity contribution is -0.140. The average Bonchev–Trinajstić information content (AvgIpc) is 2.57. The van der Waals surface area contributed by atoms with Crippen LogP contribution in [0.15, 0.2) is 36.5 Å². The summed E-state index contributed by atoms with van der Waals surface area (Å²) in [7, 11) is 1.43. The van der Waals surface area contributed by atoms with E-state index in [1.54, 1.807) is 12.2 Å². The van der Waals surface area contributed by atoms with E-state index in [-0.39, 0.29) is 5.97 Å². The first-order valence-corrected chi connectivity index (χ1v) is 8.54. The number of ether oxygens (including phenoxy) is 1. The third-order valence-corrected chi connectivity index (χ3v) is 3.57. The number of allylic oxidation sites excluding steroid dienone is 5. The van der Waals surface area contributed by atoms with Crippen LogP contribution in [0.2, 0.25) is 0 Å². The van der Waals surface area contributed by atoms with E-state index in [9.17, 15) is 15.0 Å². The van der Waals surface area contributed by atoms with Gasteiger partial charge in [-0.25, -0.2) is 0 Å². The Hall–Kier alpha value is -1.39. The van der Waals surface area contributed by atoms with Crippen LogP contribution in [-0.4, -0.2) is 35.5 Å². The van der Waals surface area contributed by atoms with Crippen molar-refractivity contribution in [2.45, 2.75) is 70.5 Å². The normalized spacial score (nSPS) is 14.8. The summed E-state index contributed by atoms with van der Waals surface area (Å²) in [4.78, 5) is 10.9. The van der Waals surface area contributed by atoms with Gasteiger partial charge < -0.3 is 14.9 Å². The maximum absolute atomic E-state index is 10.9. The van der Waals surface area contributed by atoms with Crippen molar-refractivity contribution in [3.05, 3.63) is 36.5 Å². The number of methoxy groups -OCH3 is 1. The molecule has 4 nitrogen and oxygen atoms in total. The van der Waals surface area contributed by atoms with Crippen LogP contribution < -0.4 is 0 Å². The fourth-order valence-corrected chi connectivity index (χ4v) is 2.01. The summed E-state index contributed by atoms with van der Waals surface area (Å²) in [5, 5.41) is 18.9. The van der Waals surface area contributed by atoms with Gasteiger partial charge in [-0.15, -0.1) is 0 Å². The summed E-state index contributed by atoms with van der Waals surface area (Å²) in [6.45, 7) is 1.83. The van der Waals surface area contributed by atoms with Crippen LogP contribution in [0.25, 0.3) is 0 Å². The Morgan fingerprint density at radius 1 is 1.00 bits per heavy atom. The van der Waals surface area contributed by atoms with Gasteiger partial charge in [0.05, 0.1) is 19.3 Å². The number of hydrogen-bond donors (Lipinski definition) is 2. The van der Waals surface area contributed by atoms with Gasteiger partial charge in [-0.1, -0.05) is 62.6 Å². The summed E-state index contributed by atoms with van der Waals surface area (Å²) < 4.78 is 4.59. The second-order valence-corrected chi connectivity index (χ2v) is 5.55. The molecule has 0 aromatic carbocycles. The monoisotopic (exact) mass is 324 g/mol. The zero-order chi connectivity index (χ0) is 17.3. The highest BCUT2D eigenvalue weighted by Gasteiger charge is 2.08. The third-order valence-electron chi connectivity index (χ3n) is 3.57. The molecule has 0 fully saturated rings. The van der Waals surface area contributed by atoms with Crippen molar-refractivity contribution in [3.63, 3.8) is 0 Å². The number of carbonyl (C=O) groups is 1. The first-order chi connectivity index (χ1) is 11.1. The van der Waals surface area contributed by atoms with Crippen molar-refractivity contribution >= 4 is 5.97 Å². The zero-order valence-corrected chi connectivity index (χ0v) is 14.5. The van der Waals surface area contributed by atoms with Gasteiger partial charge in [0.25, 0.3) is 0 Å². The molecule has 4 heteroatoms. The zero-order valence-electron chi connectivity index (χ0n) is 14.5. The van der Waals surface area contributed by atoms with Gasteiger partial charge in [-0.2, -0.15) is 0 Å². The highest BCUT2D eigenvalue weighted by Crippen LogP contribution is 2.08. The number of esters is 1. The van der Waals surface area contributed by atoms with Crippen LogP contribution in [0.1, 0.15) is 58.3 Å². The quantitative estimate of drug-likeness (QED) is 0.308. The fourth-order valence-electron chi connectivity index (χ4n) is 2.01. The molecule has 0 aliphatic rings. The van der Waals surface area contributed by atoms with Gasteiger partial charge in [0.2, 0.25) is 0 Å². The molecule has 0 rings (SSSR count). The Bertz CT molecular complexity index is 372. The smallest absolute Gasteiger partial charge is 0.305 e. The highest BCUT2D eigenvalue weighted by atomic mass is 16.5. The molecule has 0 amide bonds. The largest absolute Gasteiger partial charge is 0.469 e. The number of carbonyl (C=O) groups excluding carboxylic acids is 1. The fraction of sp³-hybridized carbons (Fsp3) is 0.632. The maximum atomic E-state index is 10.9. The molecule has 2 atom stereocenters. The molecule has 0 heterocycles. The Labute approximate surface area is 140 Å². The molecule has 0 aliphatic carbocycles. The lowest BCUT2D eigenvalue weighted by Gasteiger charge is -2.10.